The summed E-state index contributed by atoms with van der Waals surface area (Å²) < 4.78 is 51.1. The Balaban J connectivity index is 2.39. The number of anilines is 1. The van der Waals surface area contributed by atoms with E-state index >= 15 is 0 Å². The number of rotatable bonds is 3. The van der Waals surface area contributed by atoms with E-state index in [1.165, 1.54) is 43.4 Å². The molecule has 0 aliphatic rings. The zero-order valence-corrected chi connectivity index (χ0v) is 10.9. The molecular weight excluding hydrogens is 272 g/mol. The van der Waals surface area contributed by atoms with Crippen LogP contribution in [0.2, 0.25) is 0 Å². The van der Waals surface area contributed by atoms with Gasteiger partial charge in [0.25, 0.3) is 10.0 Å². The van der Waals surface area contributed by atoms with Crippen molar-refractivity contribution in [1.82, 2.24) is 0 Å². The highest BCUT2D eigenvalue weighted by Crippen LogP contribution is 2.22. The summed E-state index contributed by atoms with van der Waals surface area (Å²) in [5.74, 6) is -0.959. The van der Waals surface area contributed by atoms with Gasteiger partial charge in [-0.05, 0) is 48.5 Å². The van der Waals surface area contributed by atoms with Gasteiger partial charge >= 0.3 is 0 Å². The second kappa shape index (κ2) is 4.97. The number of hydrogen-bond acceptors (Lipinski definition) is 2. The lowest BCUT2D eigenvalue weighted by Crippen LogP contribution is -2.26. The molecule has 19 heavy (non-hydrogen) atoms. The van der Waals surface area contributed by atoms with Gasteiger partial charge in [-0.2, -0.15) is 0 Å². The number of nitrogens with zero attached hydrogens (tertiary/aromatic N) is 1. The molecule has 0 bridgehead atoms. The molecule has 0 spiro atoms. The van der Waals surface area contributed by atoms with Crippen molar-refractivity contribution in [3.05, 3.63) is 60.2 Å². The minimum Gasteiger partial charge on any atom is -0.269 e. The van der Waals surface area contributed by atoms with E-state index in [1.807, 2.05) is 0 Å². The molecule has 0 aromatic heterocycles. The first-order chi connectivity index (χ1) is 8.91. The molecule has 0 saturated heterocycles. The predicted molar refractivity (Wildman–Crippen MR) is 68.4 cm³/mol. The number of halogens is 2. The van der Waals surface area contributed by atoms with Crippen LogP contribution in [0.15, 0.2) is 53.4 Å². The first kappa shape index (κ1) is 13.5. The zero-order valence-electron chi connectivity index (χ0n) is 10.0. The van der Waals surface area contributed by atoms with Gasteiger partial charge in [0.1, 0.15) is 11.6 Å². The van der Waals surface area contributed by atoms with Gasteiger partial charge in [-0.25, -0.2) is 17.2 Å². The van der Waals surface area contributed by atoms with Crippen molar-refractivity contribution in [2.45, 2.75) is 4.90 Å². The molecule has 0 unspecified atom stereocenters. The molecule has 100 valence electrons. The standard InChI is InChI=1S/C13H11F2NO2S/c1-16(12-6-2-10(14)3-7-12)19(17,18)13-8-4-11(15)5-9-13/h2-9H,1H3. The molecule has 3 nitrogen and oxygen atoms in total. The average Bonchev–Trinajstić information content (AvgIpc) is 2.39. The van der Waals surface area contributed by atoms with E-state index in [4.69, 9.17) is 0 Å². The molecule has 2 rings (SSSR count). The smallest absolute Gasteiger partial charge is 0.264 e. The van der Waals surface area contributed by atoms with Crippen LogP contribution in [0.1, 0.15) is 0 Å². The lowest BCUT2D eigenvalue weighted by Gasteiger charge is -2.19. The van der Waals surface area contributed by atoms with E-state index in [1.54, 1.807) is 0 Å². The molecule has 0 radical (unpaired) electrons. The number of sulfonamides is 1. The maximum Gasteiger partial charge on any atom is 0.264 e. The summed E-state index contributed by atoms with van der Waals surface area (Å²) in [5.41, 5.74) is 0.325. The zero-order chi connectivity index (χ0) is 14.0. The molecule has 0 fully saturated rings. The largest absolute Gasteiger partial charge is 0.269 e. The van der Waals surface area contributed by atoms with Gasteiger partial charge in [0.05, 0.1) is 10.6 Å². The fourth-order valence-electron chi connectivity index (χ4n) is 1.55. The Morgan fingerprint density at radius 2 is 1.26 bits per heavy atom. The molecule has 2 aromatic rings. The van der Waals surface area contributed by atoms with E-state index in [0.29, 0.717) is 5.69 Å². The van der Waals surface area contributed by atoms with Crippen molar-refractivity contribution in [3.8, 4) is 0 Å². The van der Waals surface area contributed by atoms with Crippen LogP contribution < -0.4 is 4.31 Å². The molecule has 0 atom stereocenters. The monoisotopic (exact) mass is 283 g/mol. The highest BCUT2D eigenvalue weighted by molar-refractivity contribution is 7.92. The fourth-order valence-corrected chi connectivity index (χ4v) is 2.75. The van der Waals surface area contributed by atoms with Crippen LogP contribution in [-0.2, 0) is 10.0 Å². The van der Waals surface area contributed by atoms with Crippen LogP contribution >= 0.6 is 0 Å². The highest BCUT2D eigenvalue weighted by atomic mass is 32.2. The summed E-state index contributed by atoms with van der Waals surface area (Å²) in [6, 6.07) is 9.58. The van der Waals surface area contributed by atoms with Gasteiger partial charge in [-0.3, -0.25) is 4.31 Å². The van der Waals surface area contributed by atoms with Gasteiger partial charge in [-0.1, -0.05) is 0 Å². The van der Waals surface area contributed by atoms with Gasteiger partial charge in [0.15, 0.2) is 0 Å². The van der Waals surface area contributed by atoms with Gasteiger partial charge < -0.3 is 0 Å². The van der Waals surface area contributed by atoms with Crippen molar-refractivity contribution in [3.63, 3.8) is 0 Å². The third-order valence-electron chi connectivity index (χ3n) is 2.66. The molecule has 0 saturated carbocycles. The molecule has 2 aromatic carbocycles. The molecule has 0 heterocycles. The normalized spacial score (nSPS) is 11.3. The number of benzene rings is 2. The average molecular weight is 283 g/mol. The van der Waals surface area contributed by atoms with E-state index in [2.05, 4.69) is 0 Å². The topological polar surface area (TPSA) is 37.4 Å². The number of hydrogen-bond donors (Lipinski definition) is 0. The highest BCUT2D eigenvalue weighted by Gasteiger charge is 2.21. The molecule has 0 aliphatic carbocycles. The van der Waals surface area contributed by atoms with Crippen molar-refractivity contribution in [2.75, 3.05) is 11.4 Å². The summed E-state index contributed by atoms with van der Waals surface area (Å²) in [6.45, 7) is 0. The maximum atomic E-state index is 12.8. The maximum absolute atomic E-state index is 12.8. The molecule has 6 heteroatoms. The van der Waals surface area contributed by atoms with E-state index in [0.717, 1.165) is 16.4 Å². The van der Waals surface area contributed by atoms with Gasteiger partial charge in [-0.15, -0.1) is 0 Å². The summed E-state index contributed by atoms with van der Waals surface area (Å²) in [4.78, 5) is -0.0271. The van der Waals surface area contributed by atoms with E-state index in [9.17, 15) is 17.2 Å². The molecular formula is C13H11F2NO2S. The van der Waals surface area contributed by atoms with Crippen LogP contribution in [0.3, 0.4) is 0 Å². The summed E-state index contributed by atoms with van der Waals surface area (Å²) in [5, 5.41) is 0. The first-order valence-electron chi connectivity index (χ1n) is 5.41. The van der Waals surface area contributed by atoms with Crippen molar-refractivity contribution < 1.29 is 17.2 Å². The lowest BCUT2D eigenvalue weighted by atomic mass is 10.3. The Hall–Kier alpha value is -1.95. The van der Waals surface area contributed by atoms with E-state index < -0.39 is 21.7 Å². The SMILES string of the molecule is CN(c1ccc(F)cc1)S(=O)(=O)c1ccc(F)cc1. The van der Waals surface area contributed by atoms with E-state index in [-0.39, 0.29) is 4.90 Å². The summed E-state index contributed by atoms with van der Waals surface area (Å²) >= 11 is 0. The molecule has 0 N–H and O–H groups in total. The minimum absolute atomic E-state index is 0.0271. The van der Waals surface area contributed by atoms with Crippen LogP contribution in [0, 0.1) is 11.6 Å². The van der Waals surface area contributed by atoms with Crippen LogP contribution in [0.25, 0.3) is 0 Å². The Kier molecular flexibility index (Phi) is 3.53. The van der Waals surface area contributed by atoms with Crippen molar-refractivity contribution in [1.29, 1.82) is 0 Å². The Bertz CT molecular complexity index is 667. The molecule has 0 amide bonds. The van der Waals surface area contributed by atoms with Crippen LogP contribution in [0.5, 0.6) is 0 Å². The lowest BCUT2D eigenvalue weighted by molar-refractivity contribution is 0.592. The Morgan fingerprint density at radius 3 is 1.74 bits per heavy atom. The predicted octanol–water partition coefficient (Wildman–Crippen LogP) is 2.79. The Labute approximate surface area is 110 Å². The summed E-state index contributed by atoms with van der Waals surface area (Å²) in [6.07, 6.45) is 0. The van der Waals surface area contributed by atoms with Crippen molar-refractivity contribution in [2.24, 2.45) is 0 Å². The van der Waals surface area contributed by atoms with Crippen molar-refractivity contribution >= 4 is 15.7 Å². The van der Waals surface area contributed by atoms with Crippen LogP contribution in [-0.4, -0.2) is 15.5 Å². The summed E-state index contributed by atoms with van der Waals surface area (Å²) in [7, 11) is -2.42. The first-order valence-corrected chi connectivity index (χ1v) is 6.85. The quantitative estimate of drug-likeness (QED) is 0.868. The third-order valence-corrected chi connectivity index (χ3v) is 4.46. The minimum atomic E-state index is -3.78. The van der Waals surface area contributed by atoms with Gasteiger partial charge in [0.2, 0.25) is 0 Å². The van der Waals surface area contributed by atoms with Gasteiger partial charge in [0, 0.05) is 7.05 Å². The van der Waals surface area contributed by atoms with Crippen LogP contribution in [0.4, 0.5) is 14.5 Å². The Morgan fingerprint density at radius 1 is 0.842 bits per heavy atom. The second-order valence-electron chi connectivity index (χ2n) is 3.90. The second-order valence-corrected chi connectivity index (χ2v) is 5.87. The third kappa shape index (κ3) is 2.73. The molecule has 0 aliphatic heterocycles. The fraction of sp³-hybridized carbons (Fsp3) is 0.0769.